The molecule has 1 fully saturated rings. The Hall–Kier alpha value is -3.30. The average molecular weight is 448 g/mol. The van der Waals surface area contributed by atoms with Crippen LogP contribution >= 0.6 is 0 Å². The van der Waals surface area contributed by atoms with Crippen LogP contribution in [0.25, 0.3) is 0 Å². The van der Waals surface area contributed by atoms with Crippen molar-refractivity contribution in [1.82, 2.24) is 14.8 Å². The molecule has 166 valence electrons. The van der Waals surface area contributed by atoms with Crippen molar-refractivity contribution in [2.45, 2.75) is 36.9 Å². The van der Waals surface area contributed by atoms with E-state index in [1.54, 1.807) is 12.1 Å². The first-order chi connectivity index (χ1) is 15.1. The highest BCUT2D eigenvalue weighted by atomic mass is 19.4. The highest BCUT2D eigenvalue weighted by Crippen LogP contribution is 2.62. The number of aryl methyl sites for hydroxylation is 1. The van der Waals surface area contributed by atoms with E-state index in [9.17, 15) is 18.0 Å². The number of carbonyl (C=O) groups excluding carboxylic acids is 1. The minimum atomic E-state index is -4.60. The Bertz CT molecular complexity index is 1230. The molecule has 2 aromatic carbocycles. The number of amides is 1. The second-order valence-electron chi connectivity index (χ2n) is 8.19. The molecule has 1 amide bonds. The molecule has 10 heteroatoms. The van der Waals surface area contributed by atoms with Crippen molar-refractivity contribution in [2.75, 3.05) is 4.90 Å². The molecule has 0 spiro atoms. The highest BCUT2D eigenvalue weighted by Gasteiger charge is 2.65. The van der Waals surface area contributed by atoms with Crippen LogP contribution in [-0.2, 0) is 31.1 Å². The maximum atomic E-state index is 15.4. The second kappa shape index (κ2) is 6.60. The Morgan fingerprint density at radius 3 is 2.38 bits per heavy atom. The first-order valence-corrected chi connectivity index (χ1v) is 9.90. The van der Waals surface area contributed by atoms with Crippen molar-refractivity contribution in [3.63, 3.8) is 0 Å². The van der Waals surface area contributed by atoms with E-state index in [0.717, 1.165) is 6.07 Å². The Balaban J connectivity index is 1.52. The molecule has 1 saturated carbocycles. The SMILES string of the molecule is Cn1cnnc1C(F)(F)C1(c2cccc(N3Cc4c(cccc4C(F)(F)F)C3=O)c2)CC1. The van der Waals surface area contributed by atoms with Crippen LogP contribution in [0, 0.1) is 0 Å². The molecule has 5 rings (SSSR count). The first kappa shape index (κ1) is 20.6. The zero-order valence-corrected chi connectivity index (χ0v) is 16.8. The lowest BCUT2D eigenvalue weighted by atomic mass is 9.88. The van der Waals surface area contributed by atoms with Crippen LogP contribution in [0.3, 0.4) is 0 Å². The van der Waals surface area contributed by atoms with Crippen LogP contribution in [0.15, 0.2) is 48.8 Å². The van der Waals surface area contributed by atoms with Gasteiger partial charge in [-0.1, -0.05) is 18.2 Å². The molecule has 1 aliphatic heterocycles. The number of hydrogen-bond acceptors (Lipinski definition) is 3. The molecule has 0 atom stereocenters. The zero-order valence-electron chi connectivity index (χ0n) is 16.8. The third-order valence-corrected chi connectivity index (χ3v) is 6.33. The fourth-order valence-corrected chi connectivity index (χ4v) is 4.47. The number of benzene rings is 2. The monoisotopic (exact) mass is 448 g/mol. The molecule has 0 N–H and O–H groups in total. The Morgan fingerprint density at radius 1 is 1.03 bits per heavy atom. The van der Waals surface area contributed by atoms with Crippen LogP contribution < -0.4 is 4.90 Å². The molecule has 1 aliphatic carbocycles. The molecule has 1 aromatic heterocycles. The summed E-state index contributed by atoms with van der Waals surface area (Å²) in [5.41, 5.74) is -1.93. The molecule has 0 bridgehead atoms. The lowest BCUT2D eigenvalue weighted by molar-refractivity contribution is -0.138. The number of aromatic nitrogens is 3. The summed E-state index contributed by atoms with van der Waals surface area (Å²) in [5.74, 6) is -4.36. The van der Waals surface area contributed by atoms with Gasteiger partial charge in [0.1, 0.15) is 6.33 Å². The van der Waals surface area contributed by atoms with Gasteiger partial charge in [0.2, 0.25) is 5.82 Å². The standard InChI is InChI=1S/C22H17F5N4O/c1-30-12-28-29-19(30)21(23,24)20(8-9-20)13-4-2-5-14(10-13)31-11-16-15(18(31)32)6-3-7-17(16)22(25,26)27/h2-7,10,12H,8-9,11H2,1H3. The van der Waals surface area contributed by atoms with Crippen LogP contribution in [0.5, 0.6) is 0 Å². The van der Waals surface area contributed by atoms with Crippen molar-refractivity contribution in [3.8, 4) is 0 Å². The number of nitrogens with zero attached hydrogens (tertiary/aromatic N) is 4. The molecule has 0 radical (unpaired) electrons. The minimum Gasteiger partial charge on any atom is -0.316 e. The number of fused-ring (bicyclic) bond motifs is 1. The molecule has 2 heterocycles. The van der Waals surface area contributed by atoms with Crippen LogP contribution in [0.1, 0.15) is 45.7 Å². The molecule has 32 heavy (non-hydrogen) atoms. The summed E-state index contributed by atoms with van der Waals surface area (Å²) in [6, 6.07) is 9.58. The summed E-state index contributed by atoms with van der Waals surface area (Å²) in [4.78, 5) is 14.1. The number of anilines is 1. The third kappa shape index (κ3) is 2.85. The number of alkyl halides is 5. The van der Waals surface area contributed by atoms with E-state index in [4.69, 9.17) is 0 Å². The lowest BCUT2D eigenvalue weighted by Gasteiger charge is -2.27. The third-order valence-electron chi connectivity index (χ3n) is 6.33. The van der Waals surface area contributed by atoms with Crippen LogP contribution in [0.2, 0.25) is 0 Å². The second-order valence-corrected chi connectivity index (χ2v) is 8.19. The van der Waals surface area contributed by atoms with E-state index in [2.05, 4.69) is 10.2 Å². The van der Waals surface area contributed by atoms with Crippen molar-refractivity contribution < 1.29 is 26.7 Å². The predicted molar refractivity (Wildman–Crippen MR) is 104 cm³/mol. The maximum absolute atomic E-state index is 15.4. The summed E-state index contributed by atoms with van der Waals surface area (Å²) in [6.45, 7) is -0.278. The van der Waals surface area contributed by atoms with Gasteiger partial charge in [-0.15, -0.1) is 10.2 Å². The highest BCUT2D eigenvalue weighted by molar-refractivity contribution is 6.10. The van der Waals surface area contributed by atoms with Gasteiger partial charge in [-0.25, -0.2) is 0 Å². The lowest BCUT2D eigenvalue weighted by Crippen LogP contribution is -2.34. The van der Waals surface area contributed by atoms with Gasteiger partial charge in [-0.2, -0.15) is 22.0 Å². The van der Waals surface area contributed by atoms with Crippen LogP contribution in [0.4, 0.5) is 27.6 Å². The van der Waals surface area contributed by atoms with Crippen molar-refractivity contribution in [3.05, 3.63) is 76.9 Å². The predicted octanol–water partition coefficient (Wildman–Crippen LogP) is 4.82. The van der Waals surface area contributed by atoms with Gasteiger partial charge in [0.25, 0.3) is 5.91 Å². The largest absolute Gasteiger partial charge is 0.416 e. The summed E-state index contributed by atoms with van der Waals surface area (Å²) in [7, 11) is 1.44. The number of carbonyl (C=O) groups is 1. The van der Waals surface area contributed by atoms with Gasteiger partial charge < -0.3 is 9.47 Å². The summed E-state index contributed by atoms with van der Waals surface area (Å²) < 4.78 is 72.2. The topological polar surface area (TPSA) is 51.0 Å². The van der Waals surface area contributed by atoms with Gasteiger partial charge >= 0.3 is 12.1 Å². The van der Waals surface area contributed by atoms with Crippen molar-refractivity contribution in [2.24, 2.45) is 7.05 Å². The van der Waals surface area contributed by atoms with E-state index in [0.29, 0.717) is 5.56 Å². The van der Waals surface area contributed by atoms with E-state index >= 15 is 8.78 Å². The molecule has 2 aliphatic rings. The van der Waals surface area contributed by atoms with Crippen molar-refractivity contribution in [1.29, 1.82) is 0 Å². The quantitative estimate of drug-likeness (QED) is 0.538. The van der Waals surface area contributed by atoms with E-state index in [-0.39, 0.29) is 36.2 Å². The Kier molecular flexibility index (Phi) is 4.25. The molecule has 3 aromatic rings. The summed E-state index contributed by atoms with van der Waals surface area (Å²) in [6.07, 6.45) is -2.97. The molecule has 0 unspecified atom stereocenters. The average Bonchev–Trinajstić information content (AvgIpc) is 3.36. The van der Waals surface area contributed by atoms with Gasteiger partial charge in [0.15, 0.2) is 0 Å². The minimum absolute atomic E-state index is 0.0317. The molecule has 5 nitrogen and oxygen atoms in total. The van der Waals surface area contributed by atoms with E-state index in [1.165, 1.54) is 47.1 Å². The van der Waals surface area contributed by atoms with Crippen LogP contribution in [-0.4, -0.2) is 20.7 Å². The maximum Gasteiger partial charge on any atom is 0.416 e. The van der Waals surface area contributed by atoms with Crippen molar-refractivity contribution >= 4 is 11.6 Å². The van der Waals surface area contributed by atoms with Gasteiger partial charge in [-0.05, 0) is 48.2 Å². The fraction of sp³-hybridized carbons (Fsp3) is 0.318. The number of rotatable bonds is 4. The summed E-state index contributed by atoms with van der Waals surface area (Å²) in [5, 5.41) is 7.14. The van der Waals surface area contributed by atoms with Gasteiger partial charge in [0, 0.05) is 18.3 Å². The Morgan fingerprint density at radius 2 is 1.75 bits per heavy atom. The molecular weight excluding hydrogens is 431 g/mol. The zero-order chi connectivity index (χ0) is 22.9. The van der Waals surface area contributed by atoms with Gasteiger partial charge in [0.05, 0.1) is 17.5 Å². The van der Waals surface area contributed by atoms with E-state index in [1.807, 2.05) is 0 Å². The number of hydrogen-bond donors (Lipinski definition) is 0. The molecule has 0 saturated heterocycles. The van der Waals surface area contributed by atoms with E-state index < -0.39 is 34.8 Å². The van der Waals surface area contributed by atoms with Gasteiger partial charge in [-0.3, -0.25) is 4.79 Å². The fourth-order valence-electron chi connectivity index (χ4n) is 4.47. The smallest absolute Gasteiger partial charge is 0.316 e. The first-order valence-electron chi connectivity index (χ1n) is 9.90. The number of halogens is 5. The summed E-state index contributed by atoms with van der Waals surface area (Å²) >= 11 is 0. The normalized spacial score (nSPS) is 17.6. The molecular formula is C22H17F5N4O. The Labute approximate surface area is 179 Å².